The molecule has 0 aliphatic rings. The number of aliphatic hydroxyl groups excluding tert-OH is 1. The van der Waals surface area contributed by atoms with E-state index in [9.17, 15) is 24.0 Å². The van der Waals surface area contributed by atoms with Gasteiger partial charge in [-0.3, -0.25) is 19.2 Å². The predicted octanol–water partition coefficient (Wildman–Crippen LogP) is -1.64. The minimum atomic E-state index is -1.58. The van der Waals surface area contributed by atoms with Crippen LogP contribution < -0.4 is 21.7 Å². The largest absolute Gasteiger partial charge is 0.481 e. The van der Waals surface area contributed by atoms with Crippen LogP contribution in [-0.4, -0.2) is 86.5 Å². The first-order chi connectivity index (χ1) is 17.1. The second-order valence-electron chi connectivity index (χ2n) is 7.99. The number of carbonyl (C=O) groups is 5. The van der Waals surface area contributed by atoms with E-state index in [0.29, 0.717) is 5.56 Å². The number of amides is 3. The highest BCUT2D eigenvalue weighted by atomic mass is 32.1. The van der Waals surface area contributed by atoms with Crippen molar-refractivity contribution < 1.29 is 39.3 Å². The minimum Gasteiger partial charge on any atom is -0.481 e. The number of nitrogens with one attached hydrogen (secondary N) is 4. The number of nitrogens with two attached hydrogens (primary N) is 1. The maximum Gasteiger partial charge on any atom is 0.328 e. The fraction of sp³-hybridized carbons (Fsp3) is 0.409. The number of carboxylic acids is 2. The molecule has 3 amide bonds. The smallest absolute Gasteiger partial charge is 0.328 e. The lowest BCUT2D eigenvalue weighted by Crippen LogP contribution is -2.58. The standard InChI is InChI=1S/C22H29N5O8S/c23-13(5-6-18(29)30)19(31)25-15(7-11-8-24-14-4-2-1-3-12(11)14)20(32)27-17(10-36)21(33)26-16(9-28)22(34)35/h1-4,8,13,15-17,24,28,36H,5-7,9-10,23H2,(H,25,31)(H,26,33)(H,27,32)(H,29,30)(H,34,35). The number of para-hydroxylation sites is 1. The lowest BCUT2D eigenvalue weighted by molar-refractivity contribution is -0.143. The zero-order valence-corrected chi connectivity index (χ0v) is 20.0. The Kier molecular flexibility index (Phi) is 10.7. The quantitative estimate of drug-likeness (QED) is 0.129. The molecule has 9 N–H and O–H groups in total. The van der Waals surface area contributed by atoms with Gasteiger partial charge in [-0.25, -0.2) is 4.79 Å². The molecule has 1 aromatic heterocycles. The first-order valence-corrected chi connectivity index (χ1v) is 11.6. The van der Waals surface area contributed by atoms with Gasteiger partial charge in [-0.05, 0) is 18.1 Å². The van der Waals surface area contributed by atoms with Gasteiger partial charge in [0.1, 0.15) is 18.1 Å². The SMILES string of the molecule is NC(CCC(=O)O)C(=O)NC(Cc1c[nH]c2ccccc12)C(=O)NC(CS)C(=O)NC(CO)C(=O)O. The van der Waals surface area contributed by atoms with Crippen LogP contribution >= 0.6 is 12.6 Å². The Bertz CT molecular complexity index is 1110. The Labute approximate surface area is 211 Å². The summed E-state index contributed by atoms with van der Waals surface area (Å²) in [6, 6.07) is 2.01. The van der Waals surface area contributed by atoms with Crippen LogP contribution in [0.5, 0.6) is 0 Å². The van der Waals surface area contributed by atoms with Gasteiger partial charge in [0.15, 0.2) is 0 Å². The lowest BCUT2D eigenvalue weighted by atomic mass is 10.0. The number of aliphatic carboxylic acids is 2. The van der Waals surface area contributed by atoms with Crippen molar-refractivity contribution in [3.63, 3.8) is 0 Å². The zero-order valence-electron chi connectivity index (χ0n) is 19.1. The molecule has 2 rings (SSSR count). The maximum absolute atomic E-state index is 13.1. The van der Waals surface area contributed by atoms with E-state index in [-0.39, 0.29) is 25.0 Å². The molecule has 13 nitrogen and oxygen atoms in total. The molecule has 4 atom stereocenters. The summed E-state index contributed by atoms with van der Waals surface area (Å²) in [6.07, 6.45) is 1.18. The number of carbonyl (C=O) groups excluding carboxylic acids is 3. The number of fused-ring (bicyclic) bond motifs is 1. The van der Waals surface area contributed by atoms with Gasteiger partial charge in [0.05, 0.1) is 12.6 Å². The summed E-state index contributed by atoms with van der Waals surface area (Å²) in [5, 5.41) is 34.8. The van der Waals surface area contributed by atoms with Crippen molar-refractivity contribution in [1.29, 1.82) is 0 Å². The highest BCUT2D eigenvalue weighted by molar-refractivity contribution is 7.80. The van der Waals surface area contributed by atoms with Gasteiger partial charge in [0.2, 0.25) is 17.7 Å². The second kappa shape index (κ2) is 13.5. The Morgan fingerprint density at radius 2 is 1.56 bits per heavy atom. The highest BCUT2D eigenvalue weighted by Gasteiger charge is 2.30. The van der Waals surface area contributed by atoms with Crippen LogP contribution in [0.3, 0.4) is 0 Å². The molecule has 0 aliphatic carbocycles. The molecule has 0 saturated carbocycles. The third kappa shape index (κ3) is 7.96. The number of aliphatic hydroxyl groups is 1. The Morgan fingerprint density at radius 1 is 0.944 bits per heavy atom. The summed E-state index contributed by atoms with van der Waals surface area (Å²) >= 11 is 4.03. The number of benzene rings is 1. The van der Waals surface area contributed by atoms with Crippen LogP contribution in [0.4, 0.5) is 0 Å². The lowest BCUT2D eigenvalue weighted by Gasteiger charge is -2.24. The first kappa shape index (κ1) is 28.6. The van der Waals surface area contributed by atoms with Crippen molar-refractivity contribution in [3.05, 3.63) is 36.0 Å². The Hall–Kier alpha value is -3.62. The topological polar surface area (TPSA) is 224 Å². The number of rotatable bonds is 14. The molecule has 0 aliphatic heterocycles. The molecular weight excluding hydrogens is 494 g/mol. The van der Waals surface area contributed by atoms with Crippen molar-refractivity contribution in [2.24, 2.45) is 5.73 Å². The van der Waals surface area contributed by atoms with Gasteiger partial charge < -0.3 is 42.0 Å². The number of H-pyrrole nitrogens is 1. The fourth-order valence-electron chi connectivity index (χ4n) is 3.34. The summed E-state index contributed by atoms with van der Waals surface area (Å²) in [4.78, 5) is 63.2. The number of hydrogen-bond donors (Lipinski definition) is 9. The molecule has 0 radical (unpaired) electrons. The van der Waals surface area contributed by atoms with E-state index in [1.807, 2.05) is 18.2 Å². The van der Waals surface area contributed by atoms with E-state index in [1.165, 1.54) is 0 Å². The highest BCUT2D eigenvalue weighted by Crippen LogP contribution is 2.19. The maximum atomic E-state index is 13.1. The van der Waals surface area contributed by atoms with E-state index in [2.05, 4.69) is 33.6 Å². The molecule has 0 bridgehead atoms. The summed E-state index contributed by atoms with van der Waals surface area (Å²) in [5.74, 6) is -5.22. The summed E-state index contributed by atoms with van der Waals surface area (Å²) in [7, 11) is 0. The number of thiol groups is 1. The van der Waals surface area contributed by atoms with Gasteiger partial charge in [-0.15, -0.1) is 0 Å². The molecule has 0 fully saturated rings. The zero-order chi connectivity index (χ0) is 26.8. The minimum absolute atomic E-state index is 0.00252. The Morgan fingerprint density at radius 3 is 2.17 bits per heavy atom. The van der Waals surface area contributed by atoms with Crippen molar-refractivity contribution in [3.8, 4) is 0 Å². The summed E-state index contributed by atoms with van der Waals surface area (Å²) in [5.41, 5.74) is 7.27. The van der Waals surface area contributed by atoms with Gasteiger partial charge in [-0.1, -0.05) is 18.2 Å². The van der Waals surface area contributed by atoms with Crippen molar-refractivity contribution in [2.45, 2.75) is 43.4 Å². The Balaban J connectivity index is 2.22. The molecule has 0 saturated heterocycles. The summed E-state index contributed by atoms with van der Waals surface area (Å²) < 4.78 is 0. The van der Waals surface area contributed by atoms with Crippen LogP contribution in [0.1, 0.15) is 18.4 Å². The third-order valence-corrected chi connectivity index (χ3v) is 5.72. The second-order valence-corrected chi connectivity index (χ2v) is 8.35. The van der Waals surface area contributed by atoms with E-state index >= 15 is 0 Å². The molecular formula is C22H29N5O8S. The van der Waals surface area contributed by atoms with Gasteiger partial charge in [0.25, 0.3) is 0 Å². The number of aromatic nitrogens is 1. The molecule has 0 spiro atoms. The van der Waals surface area contributed by atoms with Crippen molar-refractivity contribution in [1.82, 2.24) is 20.9 Å². The third-order valence-electron chi connectivity index (χ3n) is 5.35. The predicted molar refractivity (Wildman–Crippen MR) is 131 cm³/mol. The van der Waals surface area contributed by atoms with Crippen LogP contribution in [0.15, 0.2) is 30.5 Å². The molecule has 14 heteroatoms. The number of hydrogen-bond acceptors (Lipinski definition) is 8. The van der Waals surface area contributed by atoms with Crippen molar-refractivity contribution in [2.75, 3.05) is 12.4 Å². The van der Waals surface area contributed by atoms with E-state index in [1.54, 1.807) is 12.3 Å². The van der Waals surface area contributed by atoms with E-state index < -0.39 is 60.4 Å². The average molecular weight is 524 g/mol. The normalized spacial score (nSPS) is 14.3. The van der Waals surface area contributed by atoms with Crippen LogP contribution in [0, 0.1) is 0 Å². The molecule has 2 aromatic rings. The number of aromatic amines is 1. The first-order valence-electron chi connectivity index (χ1n) is 10.9. The van der Waals surface area contributed by atoms with Crippen LogP contribution in [-0.2, 0) is 30.4 Å². The molecule has 1 heterocycles. The van der Waals surface area contributed by atoms with Gasteiger partial charge >= 0.3 is 11.9 Å². The van der Waals surface area contributed by atoms with Crippen molar-refractivity contribution >= 4 is 53.2 Å². The van der Waals surface area contributed by atoms with Crippen LogP contribution in [0.2, 0.25) is 0 Å². The van der Waals surface area contributed by atoms with E-state index in [0.717, 1.165) is 10.9 Å². The van der Waals surface area contributed by atoms with Crippen LogP contribution in [0.25, 0.3) is 10.9 Å². The molecule has 196 valence electrons. The monoisotopic (exact) mass is 523 g/mol. The van der Waals surface area contributed by atoms with E-state index in [4.69, 9.17) is 21.1 Å². The van der Waals surface area contributed by atoms with Gasteiger partial charge in [-0.2, -0.15) is 12.6 Å². The molecule has 36 heavy (non-hydrogen) atoms. The number of carboxylic acid groups (broad SMARTS) is 2. The summed E-state index contributed by atoms with van der Waals surface area (Å²) in [6.45, 7) is -0.859. The average Bonchev–Trinajstić information content (AvgIpc) is 3.25. The fourth-order valence-corrected chi connectivity index (χ4v) is 3.60. The van der Waals surface area contributed by atoms with Gasteiger partial charge in [0, 0.05) is 35.7 Å². The molecule has 4 unspecified atom stereocenters. The molecule has 1 aromatic carbocycles.